The molecule has 1 heterocycles. The van der Waals surface area contributed by atoms with Crippen molar-refractivity contribution in [2.24, 2.45) is 5.73 Å². The highest BCUT2D eigenvalue weighted by Gasteiger charge is 2.25. The number of fused-ring (bicyclic) bond motifs is 1. The summed E-state index contributed by atoms with van der Waals surface area (Å²) in [5, 5.41) is 9.20. The molecule has 2 amide bonds. The van der Waals surface area contributed by atoms with Gasteiger partial charge in [0, 0.05) is 12.1 Å². The molecule has 0 bridgehead atoms. The summed E-state index contributed by atoms with van der Waals surface area (Å²) < 4.78 is 5.31. The van der Waals surface area contributed by atoms with E-state index in [2.05, 4.69) is 5.32 Å². The van der Waals surface area contributed by atoms with Crippen molar-refractivity contribution in [3.8, 4) is 5.75 Å². The van der Waals surface area contributed by atoms with Gasteiger partial charge >= 0.3 is 0 Å². The summed E-state index contributed by atoms with van der Waals surface area (Å²) in [6.45, 7) is 2.36. The summed E-state index contributed by atoms with van der Waals surface area (Å²) in [6, 6.07) is 4.73. The lowest BCUT2D eigenvalue weighted by Crippen LogP contribution is -2.39. The second kappa shape index (κ2) is 4.97. The van der Waals surface area contributed by atoms with Gasteiger partial charge in [0.2, 0.25) is 0 Å². The molecule has 0 fully saturated rings. The van der Waals surface area contributed by atoms with Crippen molar-refractivity contribution in [3.05, 3.63) is 23.8 Å². The summed E-state index contributed by atoms with van der Waals surface area (Å²) in [7, 11) is 0. The number of rotatable bonds is 2. The van der Waals surface area contributed by atoms with Crippen LogP contribution < -0.4 is 20.7 Å². The molecule has 7 heteroatoms. The molecule has 0 saturated carbocycles. The van der Waals surface area contributed by atoms with E-state index in [1.54, 1.807) is 17.0 Å². The van der Waals surface area contributed by atoms with Crippen LogP contribution in [0.3, 0.4) is 0 Å². The monoisotopic (exact) mass is 262 g/mol. The molecule has 1 aliphatic heterocycles. The third kappa shape index (κ3) is 2.49. The number of likely N-dealkylation sites (N-methyl/N-ethyl adjacent to an activating group) is 1. The first-order chi connectivity index (χ1) is 9.02. The number of carbonyl (C=O) groups excluding carboxylic acids is 2. The number of hydrogen-bond acceptors (Lipinski definition) is 4. The molecule has 1 aromatic rings. The smallest absolute Gasteiger partial charge is 0.265 e. The van der Waals surface area contributed by atoms with Crippen molar-refractivity contribution >= 4 is 23.5 Å². The number of amides is 2. The van der Waals surface area contributed by atoms with Gasteiger partial charge in [-0.25, -0.2) is 0 Å². The second-order valence-electron chi connectivity index (χ2n) is 3.98. The fraction of sp³-hybridized carbons (Fsp3) is 0.250. The van der Waals surface area contributed by atoms with Gasteiger partial charge in [0.05, 0.1) is 5.69 Å². The van der Waals surface area contributed by atoms with Crippen molar-refractivity contribution in [2.45, 2.75) is 6.92 Å². The lowest BCUT2D eigenvalue weighted by molar-refractivity contribution is -0.121. The molecule has 4 N–H and O–H groups in total. The van der Waals surface area contributed by atoms with E-state index < -0.39 is 11.9 Å². The van der Waals surface area contributed by atoms with E-state index in [0.29, 0.717) is 23.5 Å². The van der Waals surface area contributed by atoms with Gasteiger partial charge in [-0.1, -0.05) is 0 Å². The summed E-state index contributed by atoms with van der Waals surface area (Å²) >= 11 is 0. The van der Waals surface area contributed by atoms with Gasteiger partial charge < -0.3 is 15.4 Å². The average molecular weight is 262 g/mol. The molecule has 100 valence electrons. The van der Waals surface area contributed by atoms with Crippen LogP contribution in [0.5, 0.6) is 5.75 Å². The maximum Gasteiger partial charge on any atom is 0.265 e. The van der Waals surface area contributed by atoms with Gasteiger partial charge in [-0.15, -0.1) is 0 Å². The third-order valence-corrected chi connectivity index (χ3v) is 2.73. The molecule has 1 aromatic carbocycles. The van der Waals surface area contributed by atoms with Crippen molar-refractivity contribution < 1.29 is 14.3 Å². The van der Waals surface area contributed by atoms with Gasteiger partial charge in [0.15, 0.2) is 12.6 Å². The highest BCUT2D eigenvalue weighted by atomic mass is 16.5. The topological polar surface area (TPSA) is 109 Å². The molecule has 0 aromatic heterocycles. The Morgan fingerprint density at radius 2 is 2.32 bits per heavy atom. The average Bonchev–Trinajstić information content (AvgIpc) is 2.37. The number of benzene rings is 1. The number of carbonyl (C=O) groups is 2. The van der Waals surface area contributed by atoms with E-state index in [0.717, 1.165) is 0 Å². The van der Waals surface area contributed by atoms with E-state index in [1.807, 2.05) is 6.92 Å². The standard InChI is InChI=1S/C12H14N4O3/c1-2-16-8-4-3-7(11(18)15-12(13)14)5-9(8)19-6-10(16)17/h3-5H,2,6H2,1H3,(H4,13,14,15,18). The number of nitrogens with two attached hydrogens (primary N) is 1. The fourth-order valence-corrected chi connectivity index (χ4v) is 1.89. The van der Waals surface area contributed by atoms with E-state index in [1.165, 1.54) is 6.07 Å². The Morgan fingerprint density at radius 1 is 1.58 bits per heavy atom. The Bertz CT molecular complexity index is 556. The van der Waals surface area contributed by atoms with Crippen LogP contribution in [-0.4, -0.2) is 30.9 Å². The molecule has 19 heavy (non-hydrogen) atoms. The van der Waals surface area contributed by atoms with Crippen molar-refractivity contribution in [1.29, 1.82) is 5.41 Å². The quantitative estimate of drug-likeness (QED) is 0.517. The van der Waals surface area contributed by atoms with Gasteiger partial charge in [0.25, 0.3) is 11.8 Å². The van der Waals surface area contributed by atoms with Crippen LogP contribution >= 0.6 is 0 Å². The number of nitrogens with zero attached hydrogens (tertiary/aromatic N) is 1. The second-order valence-corrected chi connectivity index (χ2v) is 3.98. The number of anilines is 1. The zero-order valence-corrected chi connectivity index (χ0v) is 10.4. The van der Waals surface area contributed by atoms with E-state index in [4.69, 9.17) is 15.9 Å². The Kier molecular flexibility index (Phi) is 3.37. The highest BCUT2D eigenvalue weighted by Crippen LogP contribution is 2.32. The van der Waals surface area contributed by atoms with E-state index in [9.17, 15) is 9.59 Å². The van der Waals surface area contributed by atoms with Crippen molar-refractivity contribution in [3.63, 3.8) is 0 Å². The first-order valence-corrected chi connectivity index (χ1v) is 5.75. The molecule has 0 atom stereocenters. The maximum absolute atomic E-state index is 11.7. The van der Waals surface area contributed by atoms with Crippen LogP contribution in [0.15, 0.2) is 18.2 Å². The van der Waals surface area contributed by atoms with Crippen LogP contribution in [0.1, 0.15) is 17.3 Å². The van der Waals surface area contributed by atoms with E-state index in [-0.39, 0.29) is 12.5 Å². The first kappa shape index (κ1) is 12.9. The molecule has 0 radical (unpaired) electrons. The van der Waals surface area contributed by atoms with Crippen LogP contribution in [0.4, 0.5) is 5.69 Å². The van der Waals surface area contributed by atoms with Crippen LogP contribution in [0, 0.1) is 5.41 Å². The molecule has 0 unspecified atom stereocenters. The molecule has 0 saturated heterocycles. The van der Waals surface area contributed by atoms with Crippen molar-refractivity contribution in [1.82, 2.24) is 5.32 Å². The minimum absolute atomic E-state index is 0.0430. The molecule has 0 spiro atoms. The van der Waals surface area contributed by atoms with Crippen LogP contribution in [-0.2, 0) is 4.79 Å². The lowest BCUT2D eigenvalue weighted by Gasteiger charge is -2.28. The molecular formula is C12H14N4O3. The SMILES string of the molecule is CCN1C(=O)COc2cc(C(=O)NC(=N)N)ccc21. The lowest BCUT2D eigenvalue weighted by atomic mass is 10.1. The Balaban J connectivity index is 2.32. The molecule has 1 aliphatic rings. The number of ether oxygens (including phenoxy) is 1. The summed E-state index contributed by atoms with van der Waals surface area (Å²) in [5.74, 6) is -0.554. The van der Waals surface area contributed by atoms with Gasteiger partial charge in [-0.3, -0.25) is 20.3 Å². The van der Waals surface area contributed by atoms with Crippen molar-refractivity contribution in [2.75, 3.05) is 18.1 Å². The summed E-state index contributed by atoms with van der Waals surface area (Å²) in [6.07, 6.45) is 0. The highest BCUT2D eigenvalue weighted by molar-refractivity contribution is 6.05. The number of nitrogens with one attached hydrogen (secondary N) is 2. The predicted molar refractivity (Wildman–Crippen MR) is 69.3 cm³/mol. The third-order valence-electron chi connectivity index (χ3n) is 2.73. The number of hydrogen-bond donors (Lipinski definition) is 3. The zero-order chi connectivity index (χ0) is 14.0. The van der Waals surface area contributed by atoms with Gasteiger partial charge in [-0.2, -0.15) is 0 Å². The zero-order valence-electron chi connectivity index (χ0n) is 10.4. The maximum atomic E-state index is 11.7. The minimum Gasteiger partial charge on any atom is -0.482 e. The molecule has 7 nitrogen and oxygen atoms in total. The largest absolute Gasteiger partial charge is 0.482 e. The van der Waals surface area contributed by atoms with Gasteiger partial charge in [0.1, 0.15) is 5.75 Å². The van der Waals surface area contributed by atoms with Crippen LogP contribution in [0.25, 0.3) is 0 Å². The Labute approximate surface area is 109 Å². The number of guanidine groups is 1. The molecular weight excluding hydrogens is 248 g/mol. The van der Waals surface area contributed by atoms with Gasteiger partial charge in [-0.05, 0) is 25.1 Å². The molecule has 0 aliphatic carbocycles. The minimum atomic E-state index is -0.487. The summed E-state index contributed by atoms with van der Waals surface area (Å²) in [4.78, 5) is 24.9. The fourth-order valence-electron chi connectivity index (χ4n) is 1.89. The normalized spacial score (nSPS) is 13.5. The predicted octanol–water partition coefficient (Wildman–Crippen LogP) is 0.0552. The Hall–Kier alpha value is -2.57. The van der Waals surface area contributed by atoms with Crippen LogP contribution in [0.2, 0.25) is 0 Å². The first-order valence-electron chi connectivity index (χ1n) is 5.75. The summed E-state index contributed by atoms with van der Waals surface area (Å²) in [5.41, 5.74) is 6.05. The van der Waals surface area contributed by atoms with E-state index >= 15 is 0 Å². The molecule has 2 rings (SSSR count). The Morgan fingerprint density at radius 3 is 2.95 bits per heavy atom.